The van der Waals surface area contributed by atoms with E-state index in [1.54, 1.807) is 0 Å². The van der Waals surface area contributed by atoms with Crippen LogP contribution in [0.1, 0.15) is 0 Å². The van der Waals surface area contributed by atoms with Crippen LogP contribution in [0.3, 0.4) is 0 Å². The number of benzene rings is 12. The van der Waals surface area contributed by atoms with Crippen LogP contribution in [0.25, 0.3) is 127 Å². The number of fused-ring (bicyclic) bond motifs is 9. The number of anilines is 3. The van der Waals surface area contributed by atoms with E-state index in [4.69, 9.17) is 8.83 Å². The Balaban J connectivity index is 0.779. The van der Waals surface area contributed by atoms with Crippen molar-refractivity contribution in [1.29, 1.82) is 0 Å². The highest BCUT2D eigenvalue weighted by atomic mass is 16.3. The standard InChI is InChI=1S/C72H46N2O2/c1-2-12-47(13-3-1)51-14-10-15-52(42-51)48-24-33-57(34-25-48)73(58-35-26-49(27-36-58)53-16-11-17-60(43-53)74-67-21-7-4-18-61(67)62-19-5-8-22-68(62)74)59-37-28-50(29-38-59)54-30-39-71-65(44-54)66-46-56(32-41-72(66)76-71)55-31-40-70-64(45-55)63-20-6-9-23-69(63)75-70/h1-46H. The maximum Gasteiger partial charge on any atom is 0.135 e. The van der Waals surface area contributed by atoms with Crippen LogP contribution in [-0.2, 0) is 0 Å². The van der Waals surface area contributed by atoms with E-state index in [2.05, 4.69) is 276 Å². The number of hydrogen-bond acceptors (Lipinski definition) is 3. The average Bonchev–Trinajstić information content (AvgIpc) is 4.18. The smallest absolute Gasteiger partial charge is 0.135 e. The Bertz CT molecular complexity index is 4620. The summed E-state index contributed by atoms with van der Waals surface area (Å²) in [4.78, 5) is 2.35. The van der Waals surface area contributed by atoms with Gasteiger partial charge in [0.25, 0.3) is 0 Å². The molecule has 0 aliphatic rings. The summed E-state index contributed by atoms with van der Waals surface area (Å²) < 4.78 is 15.0. The van der Waals surface area contributed by atoms with Crippen molar-refractivity contribution in [3.05, 3.63) is 279 Å². The molecule has 0 saturated heterocycles. The Morgan fingerprint density at radius 1 is 0.224 bits per heavy atom. The largest absolute Gasteiger partial charge is 0.456 e. The van der Waals surface area contributed by atoms with Gasteiger partial charge in [-0.3, -0.25) is 0 Å². The summed E-state index contributed by atoms with van der Waals surface area (Å²) in [6.45, 7) is 0. The monoisotopic (exact) mass is 970 g/mol. The number of hydrogen-bond donors (Lipinski definition) is 0. The van der Waals surface area contributed by atoms with E-state index in [1.807, 2.05) is 12.1 Å². The van der Waals surface area contributed by atoms with Gasteiger partial charge in [0.15, 0.2) is 0 Å². The van der Waals surface area contributed by atoms with Crippen molar-refractivity contribution in [3.8, 4) is 61.3 Å². The zero-order valence-electron chi connectivity index (χ0n) is 41.3. The first-order chi connectivity index (χ1) is 37.6. The van der Waals surface area contributed by atoms with Gasteiger partial charge in [0.1, 0.15) is 22.3 Å². The summed E-state index contributed by atoms with van der Waals surface area (Å²) in [5.74, 6) is 0. The van der Waals surface area contributed by atoms with E-state index in [-0.39, 0.29) is 0 Å². The van der Waals surface area contributed by atoms with Crippen molar-refractivity contribution in [2.75, 3.05) is 4.90 Å². The normalized spacial score (nSPS) is 11.7. The quantitative estimate of drug-likeness (QED) is 0.145. The Hall–Kier alpha value is -10.2. The molecular formula is C72H46N2O2. The first-order valence-corrected chi connectivity index (χ1v) is 25.9. The summed E-state index contributed by atoms with van der Waals surface area (Å²) in [6, 6.07) is 100. The fraction of sp³-hybridized carbons (Fsp3) is 0. The van der Waals surface area contributed by atoms with Gasteiger partial charge < -0.3 is 18.3 Å². The highest BCUT2D eigenvalue weighted by Crippen LogP contribution is 2.41. The van der Waals surface area contributed by atoms with E-state index in [1.165, 1.54) is 38.5 Å². The van der Waals surface area contributed by atoms with Crippen LogP contribution >= 0.6 is 0 Å². The van der Waals surface area contributed by atoms with Crippen molar-refractivity contribution in [2.24, 2.45) is 0 Å². The molecule has 0 spiro atoms. The number of rotatable bonds is 9. The molecule has 0 fully saturated rings. The molecule has 356 valence electrons. The maximum atomic E-state index is 6.43. The van der Waals surface area contributed by atoms with Crippen LogP contribution in [0.4, 0.5) is 17.1 Å². The molecule has 15 aromatic rings. The minimum atomic E-state index is 0.868. The van der Waals surface area contributed by atoms with Crippen LogP contribution in [0.15, 0.2) is 288 Å². The molecule has 4 heteroatoms. The van der Waals surface area contributed by atoms with Crippen molar-refractivity contribution in [3.63, 3.8) is 0 Å². The molecule has 0 unspecified atom stereocenters. The summed E-state index contributed by atoms with van der Waals surface area (Å²) in [7, 11) is 0. The molecule has 15 rings (SSSR count). The van der Waals surface area contributed by atoms with Gasteiger partial charge in [-0.25, -0.2) is 0 Å². The third-order valence-electron chi connectivity index (χ3n) is 15.2. The molecule has 3 heterocycles. The molecule has 3 aromatic heterocycles. The summed E-state index contributed by atoms with van der Waals surface area (Å²) in [5.41, 5.74) is 21.8. The van der Waals surface area contributed by atoms with Crippen molar-refractivity contribution in [2.45, 2.75) is 0 Å². The van der Waals surface area contributed by atoms with E-state index >= 15 is 0 Å². The Morgan fingerprint density at radius 3 is 1.08 bits per heavy atom. The number of aromatic nitrogens is 1. The first kappa shape index (κ1) is 43.4. The zero-order chi connectivity index (χ0) is 50.1. The lowest BCUT2D eigenvalue weighted by molar-refractivity contribution is 0.668. The van der Waals surface area contributed by atoms with Gasteiger partial charge in [-0.15, -0.1) is 0 Å². The predicted octanol–water partition coefficient (Wildman–Crippen LogP) is 20.4. The second-order valence-electron chi connectivity index (χ2n) is 19.7. The molecule has 0 amide bonds. The van der Waals surface area contributed by atoms with Crippen LogP contribution < -0.4 is 4.90 Å². The van der Waals surface area contributed by atoms with Crippen LogP contribution in [0.2, 0.25) is 0 Å². The van der Waals surface area contributed by atoms with Crippen molar-refractivity contribution >= 4 is 82.7 Å². The second-order valence-corrected chi connectivity index (χ2v) is 19.7. The molecule has 0 radical (unpaired) electrons. The zero-order valence-corrected chi connectivity index (χ0v) is 41.3. The van der Waals surface area contributed by atoms with Crippen LogP contribution in [0, 0.1) is 0 Å². The lowest BCUT2D eigenvalue weighted by Gasteiger charge is -2.26. The molecule has 0 aliphatic heterocycles. The molecule has 12 aromatic carbocycles. The van der Waals surface area contributed by atoms with E-state index in [9.17, 15) is 0 Å². The lowest BCUT2D eigenvalue weighted by Crippen LogP contribution is -2.09. The van der Waals surface area contributed by atoms with Gasteiger partial charge in [0.05, 0.1) is 11.0 Å². The molecular weight excluding hydrogens is 925 g/mol. The van der Waals surface area contributed by atoms with Crippen molar-refractivity contribution in [1.82, 2.24) is 4.57 Å². The number of para-hydroxylation sites is 3. The molecule has 76 heavy (non-hydrogen) atoms. The van der Waals surface area contributed by atoms with Crippen LogP contribution in [-0.4, -0.2) is 4.57 Å². The maximum absolute atomic E-state index is 6.43. The average molecular weight is 971 g/mol. The topological polar surface area (TPSA) is 34.5 Å². The molecule has 0 saturated carbocycles. The van der Waals surface area contributed by atoms with Gasteiger partial charge in [-0.2, -0.15) is 0 Å². The molecule has 0 bridgehead atoms. The van der Waals surface area contributed by atoms with Gasteiger partial charge in [-0.1, -0.05) is 170 Å². The van der Waals surface area contributed by atoms with Gasteiger partial charge in [0.2, 0.25) is 0 Å². The molecule has 0 aliphatic carbocycles. The van der Waals surface area contributed by atoms with E-state index in [0.29, 0.717) is 0 Å². The molecule has 4 nitrogen and oxygen atoms in total. The van der Waals surface area contributed by atoms with E-state index in [0.717, 1.165) is 106 Å². The number of nitrogens with zero attached hydrogens (tertiary/aromatic N) is 2. The minimum Gasteiger partial charge on any atom is -0.456 e. The fourth-order valence-electron chi connectivity index (χ4n) is 11.4. The SMILES string of the molecule is c1ccc(-c2cccc(-c3ccc(N(c4ccc(-c5cccc(-n6c7ccccc7c7ccccc76)c5)cc4)c4ccc(-c5ccc6oc7ccc(-c8ccc9oc%10ccccc%10c9c8)cc7c6c5)cc4)cc3)c2)cc1. The third-order valence-corrected chi connectivity index (χ3v) is 15.2. The van der Waals surface area contributed by atoms with Crippen molar-refractivity contribution < 1.29 is 8.83 Å². The fourth-order valence-corrected chi connectivity index (χ4v) is 11.4. The van der Waals surface area contributed by atoms with Gasteiger partial charge >= 0.3 is 0 Å². The predicted molar refractivity (Wildman–Crippen MR) is 317 cm³/mol. The Kier molecular flexibility index (Phi) is 10.2. The highest BCUT2D eigenvalue weighted by Gasteiger charge is 2.18. The molecule has 0 atom stereocenters. The number of furan rings is 2. The minimum absolute atomic E-state index is 0.868. The van der Waals surface area contributed by atoms with Gasteiger partial charge in [0, 0.05) is 55.1 Å². The Morgan fingerprint density at radius 2 is 0.566 bits per heavy atom. The highest BCUT2D eigenvalue weighted by molar-refractivity contribution is 6.11. The summed E-state index contributed by atoms with van der Waals surface area (Å²) in [5, 5.41) is 6.93. The van der Waals surface area contributed by atoms with Crippen LogP contribution in [0.5, 0.6) is 0 Å². The summed E-state index contributed by atoms with van der Waals surface area (Å²) in [6.07, 6.45) is 0. The third kappa shape index (κ3) is 7.46. The molecule has 0 N–H and O–H groups in total. The van der Waals surface area contributed by atoms with E-state index < -0.39 is 0 Å². The second kappa shape index (κ2) is 17.8. The Labute approximate surface area is 439 Å². The lowest BCUT2D eigenvalue weighted by atomic mass is 9.98. The first-order valence-electron chi connectivity index (χ1n) is 25.9. The van der Waals surface area contributed by atoms with Gasteiger partial charge in [-0.05, 0) is 165 Å². The summed E-state index contributed by atoms with van der Waals surface area (Å²) >= 11 is 0.